The van der Waals surface area contributed by atoms with Crippen molar-refractivity contribution in [3.63, 3.8) is 0 Å². The molecule has 1 saturated heterocycles. The first-order valence-electron chi connectivity index (χ1n) is 7.18. The summed E-state index contributed by atoms with van der Waals surface area (Å²) in [6, 6.07) is 0.316. The molecule has 1 aromatic heterocycles. The molecule has 0 saturated carbocycles. The van der Waals surface area contributed by atoms with Gasteiger partial charge in [0.1, 0.15) is 5.01 Å². The Morgan fingerprint density at radius 2 is 2.24 bits per heavy atom. The maximum absolute atomic E-state index is 12.0. The number of aryl methyl sites for hydroxylation is 1. The van der Waals surface area contributed by atoms with Gasteiger partial charge < -0.3 is 15.0 Å². The van der Waals surface area contributed by atoms with Crippen LogP contribution in [0.1, 0.15) is 24.3 Å². The summed E-state index contributed by atoms with van der Waals surface area (Å²) in [6.45, 7) is 4.14. The van der Waals surface area contributed by atoms with Crippen molar-refractivity contribution in [2.24, 2.45) is 0 Å². The van der Waals surface area contributed by atoms with Gasteiger partial charge in [-0.25, -0.2) is 4.79 Å². The van der Waals surface area contributed by atoms with E-state index in [4.69, 9.17) is 4.74 Å². The van der Waals surface area contributed by atoms with Crippen LogP contribution in [0.25, 0.3) is 0 Å². The minimum Gasteiger partial charge on any atom is -0.381 e. The zero-order valence-electron chi connectivity index (χ0n) is 12.5. The fraction of sp³-hybridized carbons (Fsp3) is 0.769. The Kier molecular flexibility index (Phi) is 6.72. The summed E-state index contributed by atoms with van der Waals surface area (Å²) in [5.74, 6) is 0.940. The molecule has 0 spiro atoms. The second kappa shape index (κ2) is 8.55. The number of rotatable bonds is 6. The number of nitrogens with zero attached hydrogens (tertiary/aromatic N) is 3. The van der Waals surface area contributed by atoms with Crippen LogP contribution in [-0.4, -0.2) is 59.7 Å². The number of ether oxygens (including phenoxy) is 1. The van der Waals surface area contributed by atoms with E-state index in [1.54, 1.807) is 23.1 Å². The molecule has 0 aromatic carbocycles. The van der Waals surface area contributed by atoms with Crippen molar-refractivity contribution in [3.8, 4) is 0 Å². The van der Waals surface area contributed by atoms with Gasteiger partial charge in [-0.2, -0.15) is 0 Å². The smallest absolute Gasteiger partial charge is 0.317 e. The fourth-order valence-electron chi connectivity index (χ4n) is 2.13. The summed E-state index contributed by atoms with van der Waals surface area (Å²) in [4.78, 5) is 13.8. The molecule has 6 nitrogen and oxygen atoms in total. The highest BCUT2D eigenvalue weighted by molar-refractivity contribution is 8.01. The van der Waals surface area contributed by atoms with Gasteiger partial charge in [-0.3, -0.25) is 0 Å². The van der Waals surface area contributed by atoms with Crippen LogP contribution in [-0.2, 0) is 4.74 Å². The molecule has 2 amide bonds. The third kappa shape index (κ3) is 5.44. The summed E-state index contributed by atoms with van der Waals surface area (Å²) >= 11 is 3.30. The minimum absolute atomic E-state index is 0.0126. The zero-order valence-corrected chi connectivity index (χ0v) is 14.1. The van der Waals surface area contributed by atoms with Crippen LogP contribution in [0.15, 0.2) is 4.34 Å². The molecule has 0 bridgehead atoms. The molecule has 2 rings (SSSR count). The fourth-order valence-corrected chi connectivity index (χ4v) is 3.95. The van der Waals surface area contributed by atoms with Gasteiger partial charge in [-0.15, -0.1) is 10.2 Å². The van der Waals surface area contributed by atoms with Gasteiger partial charge in [0.05, 0.1) is 0 Å². The second-order valence-corrected chi connectivity index (χ2v) is 7.50. The number of thioether (sulfide) groups is 1. The van der Waals surface area contributed by atoms with Gasteiger partial charge in [-0.05, 0) is 26.2 Å². The monoisotopic (exact) mass is 330 g/mol. The van der Waals surface area contributed by atoms with E-state index in [-0.39, 0.29) is 6.03 Å². The number of amides is 2. The molecule has 0 radical (unpaired) electrons. The van der Waals surface area contributed by atoms with Gasteiger partial charge in [-0.1, -0.05) is 23.1 Å². The Labute approximate surface area is 133 Å². The van der Waals surface area contributed by atoms with Crippen molar-refractivity contribution in [1.29, 1.82) is 0 Å². The van der Waals surface area contributed by atoms with Crippen LogP contribution >= 0.6 is 23.1 Å². The number of urea groups is 1. The number of carbonyl (C=O) groups excluding carboxylic acids is 1. The van der Waals surface area contributed by atoms with E-state index in [0.29, 0.717) is 12.6 Å². The first-order valence-corrected chi connectivity index (χ1v) is 8.98. The molecular formula is C13H22N4O2S2. The molecule has 0 atom stereocenters. The summed E-state index contributed by atoms with van der Waals surface area (Å²) in [5, 5.41) is 12.0. The van der Waals surface area contributed by atoms with E-state index < -0.39 is 0 Å². The molecule has 1 N–H and O–H groups in total. The highest BCUT2D eigenvalue weighted by Gasteiger charge is 2.21. The van der Waals surface area contributed by atoms with Gasteiger partial charge in [0.15, 0.2) is 4.34 Å². The van der Waals surface area contributed by atoms with Crippen molar-refractivity contribution >= 4 is 29.1 Å². The van der Waals surface area contributed by atoms with Crippen molar-refractivity contribution in [2.45, 2.75) is 36.6 Å². The van der Waals surface area contributed by atoms with E-state index in [0.717, 1.165) is 47.6 Å². The average molecular weight is 330 g/mol. The maximum atomic E-state index is 12.0. The van der Waals surface area contributed by atoms with Crippen LogP contribution in [0.4, 0.5) is 4.79 Å². The lowest BCUT2D eigenvalue weighted by atomic mass is 10.1. The second-order valence-electron chi connectivity index (χ2n) is 4.98. The third-order valence-corrected chi connectivity index (χ3v) is 5.45. The highest BCUT2D eigenvalue weighted by atomic mass is 32.2. The number of hydrogen-bond acceptors (Lipinski definition) is 6. The van der Waals surface area contributed by atoms with Crippen molar-refractivity contribution in [2.75, 3.05) is 32.6 Å². The number of carbonyl (C=O) groups is 1. The molecule has 8 heteroatoms. The topological polar surface area (TPSA) is 67.4 Å². The Bertz CT molecular complexity index is 449. The van der Waals surface area contributed by atoms with Crippen molar-refractivity contribution < 1.29 is 9.53 Å². The standard InChI is InChI=1S/C13H22N4O2S2/c1-10-15-16-13(21-10)20-9-3-6-14-12(18)17(2)11-4-7-19-8-5-11/h11H,3-9H2,1-2H3,(H,14,18). The molecule has 118 valence electrons. The Morgan fingerprint density at radius 1 is 1.48 bits per heavy atom. The van der Waals surface area contributed by atoms with Gasteiger partial charge in [0.25, 0.3) is 0 Å². The number of hydrogen-bond donors (Lipinski definition) is 1. The predicted octanol–water partition coefficient (Wildman–Crippen LogP) is 2.15. The molecule has 1 fully saturated rings. The van der Waals surface area contributed by atoms with Crippen LogP contribution in [0.2, 0.25) is 0 Å². The molecular weight excluding hydrogens is 308 g/mol. The van der Waals surface area contributed by atoms with Crippen LogP contribution in [0.5, 0.6) is 0 Å². The lowest BCUT2D eigenvalue weighted by Crippen LogP contribution is -2.46. The minimum atomic E-state index is 0.0126. The number of nitrogens with one attached hydrogen (secondary N) is 1. The Hall–Kier alpha value is -0.860. The normalized spacial score (nSPS) is 15.9. The average Bonchev–Trinajstić information content (AvgIpc) is 2.92. The molecule has 1 aliphatic heterocycles. The van der Waals surface area contributed by atoms with Crippen LogP contribution < -0.4 is 5.32 Å². The van der Waals surface area contributed by atoms with Gasteiger partial charge in [0, 0.05) is 38.6 Å². The molecule has 21 heavy (non-hydrogen) atoms. The summed E-state index contributed by atoms with van der Waals surface area (Å²) in [7, 11) is 1.87. The Morgan fingerprint density at radius 3 is 2.90 bits per heavy atom. The summed E-state index contributed by atoms with van der Waals surface area (Å²) in [6.07, 6.45) is 2.78. The first-order chi connectivity index (χ1) is 10.2. The lowest BCUT2D eigenvalue weighted by Gasteiger charge is -2.31. The SMILES string of the molecule is Cc1nnc(SCCCNC(=O)N(C)C2CCOCC2)s1. The molecule has 0 aliphatic carbocycles. The quantitative estimate of drug-likeness (QED) is 0.639. The summed E-state index contributed by atoms with van der Waals surface area (Å²) < 4.78 is 6.31. The Balaban J connectivity index is 1.58. The van der Waals surface area contributed by atoms with E-state index in [1.165, 1.54) is 0 Å². The van der Waals surface area contributed by atoms with Crippen LogP contribution in [0.3, 0.4) is 0 Å². The maximum Gasteiger partial charge on any atom is 0.317 e. The largest absolute Gasteiger partial charge is 0.381 e. The van der Waals surface area contributed by atoms with E-state index in [2.05, 4.69) is 15.5 Å². The van der Waals surface area contributed by atoms with Crippen molar-refractivity contribution in [3.05, 3.63) is 5.01 Å². The first kappa shape index (κ1) is 16.5. The third-order valence-electron chi connectivity index (χ3n) is 3.39. The van der Waals surface area contributed by atoms with E-state index in [1.807, 2.05) is 18.9 Å². The van der Waals surface area contributed by atoms with Gasteiger partial charge in [0.2, 0.25) is 0 Å². The molecule has 1 aromatic rings. The lowest BCUT2D eigenvalue weighted by molar-refractivity contribution is 0.0526. The summed E-state index contributed by atoms with van der Waals surface area (Å²) in [5.41, 5.74) is 0. The van der Waals surface area contributed by atoms with Crippen molar-refractivity contribution in [1.82, 2.24) is 20.4 Å². The molecule has 0 unspecified atom stereocenters. The highest BCUT2D eigenvalue weighted by Crippen LogP contribution is 2.22. The van der Waals surface area contributed by atoms with E-state index in [9.17, 15) is 4.79 Å². The molecule has 2 heterocycles. The number of aromatic nitrogens is 2. The van der Waals surface area contributed by atoms with Crippen LogP contribution in [0, 0.1) is 6.92 Å². The van der Waals surface area contributed by atoms with E-state index >= 15 is 0 Å². The molecule has 1 aliphatic rings. The predicted molar refractivity (Wildman–Crippen MR) is 85.0 cm³/mol. The van der Waals surface area contributed by atoms with Gasteiger partial charge >= 0.3 is 6.03 Å². The zero-order chi connectivity index (χ0) is 15.1.